The van der Waals surface area contributed by atoms with Gasteiger partial charge in [-0.2, -0.15) is 10.2 Å². The van der Waals surface area contributed by atoms with Gasteiger partial charge >= 0.3 is 0 Å². The lowest BCUT2D eigenvalue weighted by Crippen LogP contribution is -1.87. The molecular weight excluding hydrogens is 405 g/mol. The Labute approximate surface area is 182 Å². The molecule has 156 valence electrons. The maximum atomic E-state index is 14.0. The number of nitrogens with one attached hydrogen (secondary N) is 2. The zero-order chi connectivity index (χ0) is 21.8. The van der Waals surface area contributed by atoms with Crippen LogP contribution in [0, 0.1) is 12.7 Å². The van der Waals surface area contributed by atoms with E-state index in [1.807, 2.05) is 50.5 Å². The predicted octanol–water partition coefficient (Wildman–Crippen LogP) is 5.02. The fourth-order valence-corrected chi connectivity index (χ4v) is 4.09. The lowest BCUT2D eigenvalue weighted by Gasteiger charge is -2.04. The Morgan fingerprint density at radius 2 is 1.88 bits per heavy atom. The molecule has 32 heavy (non-hydrogen) atoms. The highest BCUT2D eigenvalue weighted by molar-refractivity contribution is 5.99. The van der Waals surface area contributed by atoms with Crippen molar-refractivity contribution in [2.45, 2.75) is 6.92 Å². The lowest BCUT2D eigenvalue weighted by atomic mass is 10.0. The van der Waals surface area contributed by atoms with Crippen LogP contribution in [0.15, 0.2) is 61.1 Å². The minimum atomic E-state index is -0.278. The molecule has 0 fully saturated rings. The van der Waals surface area contributed by atoms with E-state index in [4.69, 9.17) is 4.98 Å². The van der Waals surface area contributed by atoms with Gasteiger partial charge in [-0.15, -0.1) is 0 Å². The van der Waals surface area contributed by atoms with Crippen molar-refractivity contribution in [1.29, 1.82) is 0 Å². The Morgan fingerprint density at radius 1 is 0.969 bits per heavy atom. The number of H-pyrrole nitrogens is 2. The third-order valence-corrected chi connectivity index (χ3v) is 5.53. The largest absolute Gasteiger partial charge is 0.353 e. The first kappa shape index (κ1) is 18.4. The molecule has 1 aromatic carbocycles. The van der Waals surface area contributed by atoms with Crippen molar-refractivity contribution in [3.63, 3.8) is 0 Å². The first-order valence-electron chi connectivity index (χ1n) is 10.1. The summed E-state index contributed by atoms with van der Waals surface area (Å²) in [5, 5.41) is 12.7. The smallest absolute Gasteiger partial charge is 0.135 e. The lowest BCUT2D eigenvalue weighted by molar-refractivity contribution is 0.627. The molecule has 6 rings (SSSR count). The van der Waals surface area contributed by atoms with Gasteiger partial charge in [0.1, 0.15) is 17.0 Å². The number of benzene rings is 1. The number of rotatable bonds is 3. The van der Waals surface area contributed by atoms with Crippen LogP contribution in [0.2, 0.25) is 0 Å². The summed E-state index contributed by atoms with van der Waals surface area (Å²) in [6.07, 6.45) is 5.44. The van der Waals surface area contributed by atoms with Crippen LogP contribution in [0.5, 0.6) is 0 Å². The van der Waals surface area contributed by atoms with Gasteiger partial charge in [0.25, 0.3) is 0 Å². The molecule has 0 spiro atoms. The number of hydrogen-bond acceptors (Lipinski definition) is 4. The molecule has 5 heterocycles. The number of aromatic nitrogens is 7. The van der Waals surface area contributed by atoms with Gasteiger partial charge in [0.2, 0.25) is 0 Å². The average Bonchev–Trinajstić information content (AvgIpc) is 3.49. The summed E-state index contributed by atoms with van der Waals surface area (Å²) in [5.74, 6) is -0.278. The Hall–Kier alpha value is -4.33. The maximum absolute atomic E-state index is 14.0. The topological polar surface area (TPSA) is 88.1 Å². The Morgan fingerprint density at radius 3 is 2.69 bits per heavy atom. The molecule has 0 unspecified atom stereocenters. The van der Waals surface area contributed by atoms with Crippen molar-refractivity contribution < 1.29 is 4.39 Å². The zero-order valence-corrected chi connectivity index (χ0v) is 17.4. The van der Waals surface area contributed by atoms with E-state index in [0.717, 1.165) is 55.7 Å². The summed E-state index contributed by atoms with van der Waals surface area (Å²) in [4.78, 5) is 12.8. The fourth-order valence-electron chi connectivity index (χ4n) is 4.09. The highest BCUT2D eigenvalue weighted by Crippen LogP contribution is 2.33. The molecule has 0 atom stereocenters. The van der Waals surface area contributed by atoms with Crippen LogP contribution < -0.4 is 0 Å². The molecule has 0 aliphatic heterocycles. The van der Waals surface area contributed by atoms with Crippen molar-refractivity contribution in [2.75, 3.05) is 0 Å². The van der Waals surface area contributed by atoms with E-state index in [-0.39, 0.29) is 5.82 Å². The van der Waals surface area contributed by atoms with Crippen molar-refractivity contribution in [2.24, 2.45) is 7.05 Å². The van der Waals surface area contributed by atoms with Gasteiger partial charge in [0.05, 0.1) is 28.8 Å². The SMILES string of the molecule is Cc1cc(F)cc(-c2nccc3[nH]c(-c4n[nH]c5ccc(-c6cnn(C)c6)nc45)cc23)c1. The summed E-state index contributed by atoms with van der Waals surface area (Å²) in [5.41, 5.74) is 8.07. The Bertz CT molecular complexity index is 1600. The monoisotopic (exact) mass is 423 g/mol. The first-order valence-corrected chi connectivity index (χ1v) is 10.1. The summed E-state index contributed by atoms with van der Waals surface area (Å²) in [6, 6.07) is 12.8. The van der Waals surface area contributed by atoms with Crippen LogP contribution in [-0.2, 0) is 7.05 Å². The molecule has 0 amide bonds. The number of fused-ring (bicyclic) bond motifs is 2. The molecular formula is C24H18FN7. The van der Waals surface area contributed by atoms with Gasteiger partial charge in [-0.25, -0.2) is 9.37 Å². The van der Waals surface area contributed by atoms with E-state index in [0.29, 0.717) is 5.69 Å². The van der Waals surface area contributed by atoms with Gasteiger partial charge in [0, 0.05) is 41.5 Å². The summed E-state index contributed by atoms with van der Waals surface area (Å²) < 4.78 is 15.8. The number of pyridine rings is 2. The van der Waals surface area contributed by atoms with E-state index in [9.17, 15) is 4.39 Å². The second-order valence-electron chi connectivity index (χ2n) is 7.89. The second kappa shape index (κ2) is 6.84. The van der Waals surface area contributed by atoms with Crippen molar-refractivity contribution in [3.8, 4) is 33.9 Å². The van der Waals surface area contributed by atoms with Gasteiger partial charge in [-0.3, -0.25) is 14.8 Å². The number of aryl methyl sites for hydroxylation is 2. The van der Waals surface area contributed by atoms with Crippen LogP contribution in [0.4, 0.5) is 4.39 Å². The van der Waals surface area contributed by atoms with Crippen molar-refractivity contribution in [1.82, 2.24) is 34.9 Å². The van der Waals surface area contributed by atoms with E-state index in [1.165, 1.54) is 12.1 Å². The molecule has 7 nitrogen and oxygen atoms in total. The van der Waals surface area contributed by atoms with Gasteiger partial charge in [-0.1, -0.05) is 0 Å². The molecule has 8 heteroatoms. The molecule has 5 aromatic heterocycles. The number of hydrogen-bond donors (Lipinski definition) is 2. The Balaban J connectivity index is 1.51. The molecule has 0 saturated heterocycles. The normalized spacial score (nSPS) is 11.6. The van der Waals surface area contributed by atoms with Gasteiger partial charge < -0.3 is 4.98 Å². The first-order chi connectivity index (χ1) is 15.5. The summed E-state index contributed by atoms with van der Waals surface area (Å²) >= 11 is 0. The third kappa shape index (κ3) is 2.96. The van der Waals surface area contributed by atoms with E-state index in [2.05, 4.69) is 25.3 Å². The van der Waals surface area contributed by atoms with Crippen LogP contribution in [0.1, 0.15) is 5.56 Å². The van der Waals surface area contributed by atoms with Crippen molar-refractivity contribution >= 4 is 21.9 Å². The van der Waals surface area contributed by atoms with Gasteiger partial charge in [0.15, 0.2) is 0 Å². The predicted molar refractivity (Wildman–Crippen MR) is 121 cm³/mol. The summed E-state index contributed by atoms with van der Waals surface area (Å²) in [7, 11) is 1.88. The van der Waals surface area contributed by atoms with Crippen molar-refractivity contribution in [3.05, 3.63) is 72.4 Å². The molecule has 0 aliphatic rings. The minimum Gasteiger partial charge on any atom is -0.353 e. The molecule has 2 N–H and O–H groups in total. The number of aromatic amines is 2. The van der Waals surface area contributed by atoms with E-state index in [1.54, 1.807) is 17.1 Å². The molecule has 0 bridgehead atoms. The van der Waals surface area contributed by atoms with Gasteiger partial charge in [-0.05, 0) is 55.0 Å². The molecule has 0 saturated carbocycles. The zero-order valence-electron chi connectivity index (χ0n) is 17.4. The quantitative estimate of drug-likeness (QED) is 0.419. The second-order valence-corrected chi connectivity index (χ2v) is 7.89. The summed E-state index contributed by atoms with van der Waals surface area (Å²) in [6.45, 7) is 1.87. The number of nitrogens with zero attached hydrogens (tertiary/aromatic N) is 5. The third-order valence-electron chi connectivity index (χ3n) is 5.53. The van der Waals surface area contributed by atoms with Crippen LogP contribution in [0.3, 0.4) is 0 Å². The highest BCUT2D eigenvalue weighted by atomic mass is 19.1. The van der Waals surface area contributed by atoms with E-state index >= 15 is 0 Å². The molecule has 0 radical (unpaired) electrons. The van der Waals surface area contributed by atoms with Crippen LogP contribution >= 0.6 is 0 Å². The number of halogens is 1. The van der Waals surface area contributed by atoms with E-state index < -0.39 is 0 Å². The minimum absolute atomic E-state index is 0.278. The average molecular weight is 423 g/mol. The van der Waals surface area contributed by atoms with Crippen LogP contribution in [-0.4, -0.2) is 34.9 Å². The molecule has 6 aromatic rings. The Kier molecular flexibility index (Phi) is 3.94. The maximum Gasteiger partial charge on any atom is 0.135 e. The standard InChI is InChI=1S/C24H18FN7/c1-13-7-14(9-16(25)8-13)22-17-10-21(28-19(17)5-6-26-22)24-23-20(30-31-24)4-3-18(29-23)15-11-27-32(2)12-15/h3-12,28H,1-2H3,(H,30,31). The highest BCUT2D eigenvalue weighted by Gasteiger charge is 2.16. The fraction of sp³-hybridized carbons (Fsp3) is 0.0833. The molecule has 0 aliphatic carbocycles. The van der Waals surface area contributed by atoms with Crippen LogP contribution in [0.25, 0.3) is 55.8 Å².